The van der Waals surface area contributed by atoms with E-state index in [1.165, 1.54) is 116 Å². The van der Waals surface area contributed by atoms with Crippen molar-refractivity contribution in [2.45, 2.75) is 180 Å². The normalized spacial score (nSPS) is 13.0. The third-order valence-electron chi connectivity index (χ3n) is 7.32. The minimum absolute atomic E-state index is 0.190. The van der Waals surface area contributed by atoms with Crippen LogP contribution in [0.4, 0.5) is 0 Å². The molecular weight excluding hydrogens is 408 g/mol. The summed E-state index contributed by atoms with van der Waals surface area (Å²) in [5.74, 6) is 0. The van der Waals surface area contributed by atoms with Crippen molar-refractivity contribution in [2.24, 2.45) is 0 Å². The van der Waals surface area contributed by atoms with E-state index >= 15 is 0 Å². The van der Waals surface area contributed by atoms with E-state index in [9.17, 15) is 10.2 Å². The molecule has 0 rings (SSSR count). The van der Waals surface area contributed by atoms with Crippen molar-refractivity contribution in [3.05, 3.63) is 0 Å². The summed E-state index contributed by atoms with van der Waals surface area (Å²) in [5, 5.41) is 20.7. The van der Waals surface area contributed by atoms with Gasteiger partial charge in [0.05, 0.1) is 12.2 Å². The maximum absolute atomic E-state index is 10.8. The predicted molar refractivity (Wildman–Crippen MR) is 145 cm³/mol. The first-order valence-corrected chi connectivity index (χ1v) is 15.1. The van der Waals surface area contributed by atoms with E-state index in [1.807, 2.05) is 0 Å². The van der Waals surface area contributed by atoms with Gasteiger partial charge in [0.25, 0.3) is 0 Å². The molecule has 0 heterocycles. The summed E-state index contributed by atoms with van der Waals surface area (Å²) in [4.78, 5) is 0. The van der Waals surface area contributed by atoms with E-state index in [0.717, 1.165) is 38.7 Å². The second kappa shape index (κ2) is 25.0. The van der Waals surface area contributed by atoms with Gasteiger partial charge < -0.3 is 14.9 Å². The van der Waals surface area contributed by atoms with Gasteiger partial charge in [-0.2, -0.15) is 0 Å². The van der Waals surface area contributed by atoms with E-state index in [1.54, 1.807) is 0 Å². The molecule has 0 radical (unpaired) electrons. The van der Waals surface area contributed by atoms with Crippen LogP contribution in [0.5, 0.6) is 0 Å². The lowest BCUT2D eigenvalue weighted by atomic mass is 9.84. The number of hydrogen-bond donors (Lipinski definition) is 2. The fourth-order valence-electron chi connectivity index (χ4n) is 4.96. The smallest absolute Gasteiger partial charge is 0.106 e. The Labute approximate surface area is 208 Å². The third kappa shape index (κ3) is 18.8. The molecule has 0 bridgehead atoms. The molecule has 2 N–H and O–H groups in total. The van der Waals surface area contributed by atoms with Crippen molar-refractivity contribution in [1.82, 2.24) is 0 Å². The molecule has 33 heavy (non-hydrogen) atoms. The molecule has 0 aromatic rings. The zero-order chi connectivity index (χ0) is 24.5. The van der Waals surface area contributed by atoms with Crippen molar-refractivity contribution in [3.8, 4) is 0 Å². The fraction of sp³-hybridized carbons (Fsp3) is 1.00. The molecular formula is C30H62O3. The van der Waals surface area contributed by atoms with Gasteiger partial charge in [-0.05, 0) is 19.3 Å². The second-order valence-electron chi connectivity index (χ2n) is 10.5. The van der Waals surface area contributed by atoms with Crippen LogP contribution in [0, 0.1) is 0 Å². The van der Waals surface area contributed by atoms with Crippen LogP contribution in [0.2, 0.25) is 0 Å². The van der Waals surface area contributed by atoms with Crippen LogP contribution in [0.15, 0.2) is 0 Å². The van der Waals surface area contributed by atoms with Gasteiger partial charge in [-0.3, -0.25) is 0 Å². The van der Waals surface area contributed by atoms with Gasteiger partial charge in [0.2, 0.25) is 0 Å². The Bertz CT molecular complexity index is 354. The van der Waals surface area contributed by atoms with Crippen molar-refractivity contribution < 1.29 is 14.9 Å². The van der Waals surface area contributed by atoms with Gasteiger partial charge >= 0.3 is 0 Å². The Kier molecular flexibility index (Phi) is 24.9. The Morgan fingerprint density at radius 1 is 0.515 bits per heavy atom. The van der Waals surface area contributed by atoms with Gasteiger partial charge in [-0.1, -0.05) is 149 Å². The van der Waals surface area contributed by atoms with Gasteiger partial charge in [0.1, 0.15) is 6.10 Å². The monoisotopic (exact) mass is 470 g/mol. The quantitative estimate of drug-likeness (QED) is 0.118. The van der Waals surface area contributed by atoms with E-state index in [4.69, 9.17) is 4.74 Å². The lowest BCUT2D eigenvalue weighted by molar-refractivity contribution is -0.148. The van der Waals surface area contributed by atoms with Crippen molar-refractivity contribution >= 4 is 0 Å². The lowest BCUT2D eigenvalue weighted by Gasteiger charge is -2.38. The van der Waals surface area contributed by atoms with Crippen molar-refractivity contribution in [1.29, 1.82) is 0 Å². The molecule has 3 heteroatoms. The van der Waals surface area contributed by atoms with Crippen LogP contribution in [0.25, 0.3) is 0 Å². The molecule has 3 nitrogen and oxygen atoms in total. The molecule has 0 amide bonds. The third-order valence-corrected chi connectivity index (χ3v) is 7.32. The van der Waals surface area contributed by atoms with Crippen LogP contribution in [0.1, 0.15) is 168 Å². The summed E-state index contributed by atoms with van der Waals surface area (Å²) >= 11 is 0. The molecule has 0 aliphatic carbocycles. The summed E-state index contributed by atoms with van der Waals surface area (Å²) in [5.41, 5.74) is -0.552. The van der Waals surface area contributed by atoms with Crippen LogP contribution < -0.4 is 0 Å². The number of aliphatic hydroxyl groups is 2. The maximum Gasteiger partial charge on any atom is 0.106 e. The molecule has 0 saturated heterocycles. The molecule has 0 saturated carbocycles. The molecule has 1 unspecified atom stereocenters. The molecule has 0 aliphatic rings. The van der Waals surface area contributed by atoms with Gasteiger partial charge in [0, 0.05) is 6.61 Å². The molecule has 1 atom stereocenters. The zero-order valence-corrected chi connectivity index (χ0v) is 23.1. The zero-order valence-electron chi connectivity index (χ0n) is 23.1. The van der Waals surface area contributed by atoms with Crippen LogP contribution in [0.3, 0.4) is 0 Å². The SMILES string of the molecule is CCCCCCCCCOC(CCCCCCCCC)(CCCCCCCCC)C(O)CO. The molecule has 0 aromatic heterocycles. The number of aliphatic hydroxyl groups excluding tert-OH is 2. The topological polar surface area (TPSA) is 49.7 Å². The van der Waals surface area contributed by atoms with Crippen molar-refractivity contribution in [2.75, 3.05) is 13.2 Å². The molecule has 0 aromatic carbocycles. The summed E-state index contributed by atoms with van der Waals surface area (Å²) in [6, 6.07) is 0. The standard InChI is InChI=1S/C30H62O3/c1-4-7-10-13-16-19-22-25-30(29(32)28-31,26-23-20-17-14-11-8-5-2)33-27-24-21-18-15-12-9-6-3/h29,31-32H,4-28H2,1-3H3. The van der Waals surface area contributed by atoms with E-state index < -0.39 is 11.7 Å². The first-order valence-electron chi connectivity index (χ1n) is 15.1. The number of rotatable bonds is 27. The number of hydrogen-bond acceptors (Lipinski definition) is 3. The first-order chi connectivity index (χ1) is 16.2. The summed E-state index contributed by atoms with van der Waals surface area (Å²) in [6.45, 7) is 7.31. The minimum Gasteiger partial charge on any atom is -0.394 e. The number of ether oxygens (including phenoxy) is 1. The second-order valence-corrected chi connectivity index (χ2v) is 10.5. The fourth-order valence-corrected chi connectivity index (χ4v) is 4.96. The first kappa shape index (κ1) is 32.9. The average Bonchev–Trinajstić information content (AvgIpc) is 2.83. The highest BCUT2D eigenvalue weighted by Gasteiger charge is 2.37. The minimum atomic E-state index is -0.762. The van der Waals surface area contributed by atoms with Crippen LogP contribution in [-0.2, 0) is 4.74 Å². The Balaban J connectivity index is 4.58. The van der Waals surface area contributed by atoms with E-state index in [2.05, 4.69) is 20.8 Å². The largest absolute Gasteiger partial charge is 0.394 e. The average molecular weight is 471 g/mol. The lowest BCUT2D eigenvalue weighted by Crippen LogP contribution is -2.47. The molecule has 0 fully saturated rings. The molecule has 0 spiro atoms. The highest BCUT2D eigenvalue weighted by molar-refractivity contribution is 4.88. The highest BCUT2D eigenvalue weighted by atomic mass is 16.5. The maximum atomic E-state index is 10.8. The summed E-state index contributed by atoms with van der Waals surface area (Å²) in [7, 11) is 0. The Morgan fingerprint density at radius 3 is 1.21 bits per heavy atom. The van der Waals surface area contributed by atoms with Crippen LogP contribution in [-0.4, -0.2) is 35.1 Å². The van der Waals surface area contributed by atoms with Gasteiger partial charge in [-0.25, -0.2) is 0 Å². The summed E-state index contributed by atoms with van der Waals surface area (Å²) < 4.78 is 6.49. The van der Waals surface area contributed by atoms with E-state index in [0.29, 0.717) is 0 Å². The Hall–Kier alpha value is -0.120. The highest BCUT2D eigenvalue weighted by Crippen LogP contribution is 2.31. The molecule has 0 aliphatic heterocycles. The van der Waals surface area contributed by atoms with Crippen molar-refractivity contribution in [3.63, 3.8) is 0 Å². The van der Waals surface area contributed by atoms with Gasteiger partial charge in [0.15, 0.2) is 0 Å². The number of unbranched alkanes of at least 4 members (excludes halogenated alkanes) is 18. The molecule has 200 valence electrons. The van der Waals surface area contributed by atoms with Gasteiger partial charge in [-0.15, -0.1) is 0 Å². The van der Waals surface area contributed by atoms with E-state index in [-0.39, 0.29) is 6.61 Å². The Morgan fingerprint density at radius 2 is 0.848 bits per heavy atom. The van der Waals surface area contributed by atoms with Crippen LogP contribution >= 0.6 is 0 Å². The summed E-state index contributed by atoms with van der Waals surface area (Å²) in [6.07, 6.45) is 27.6. The predicted octanol–water partition coefficient (Wildman–Crippen LogP) is 9.13.